The van der Waals surface area contributed by atoms with E-state index in [0.717, 1.165) is 53.6 Å². The lowest BCUT2D eigenvalue weighted by Gasteiger charge is -2.22. The molecule has 3 aromatic carbocycles. The van der Waals surface area contributed by atoms with Gasteiger partial charge in [0.05, 0.1) is 17.6 Å². The molecule has 1 heterocycles. The van der Waals surface area contributed by atoms with E-state index in [4.69, 9.17) is 9.47 Å². The van der Waals surface area contributed by atoms with E-state index < -0.39 is 28.0 Å². The zero-order valence-electron chi connectivity index (χ0n) is 19.8. The first-order valence-electron chi connectivity index (χ1n) is 11.0. The second-order valence-electron chi connectivity index (χ2n) is 8.58. The molecule has 0 fully saturated rings. The number of fused-ring (bicyclic) bond motifs is 1. The maximum Gasteiger partial charge on any atom is 0.425 e. The summed E-state index contributed by atoms with van der Waals surface area (Å²) >= 11 is 0. The van der Waals surface area contributed by atoms with Crippen LogP contribution in [0.4, 0.5) is 13.2 Å². The summed E-state index contributed by atoms with van der Waals surface area (Å²) in [5.41, 5.74) is 3.28. The molecule has 0 unspecified atom stereocenters. The van der Waals surface area contributed by atoms with Gasteiger partial charge in [-0.15, -0.1) is 0 Å². The molecule has 0 radical (unpaired) electrons. The Morgan fingerprint density at radius 1 is 0.972 bits per heavy atom. The van der Waals surface area contributed by atoms with Crippen molar-refractivity contribution in [2.45, 2.75) is 37.2 Å². The highest BCUT2D eigenvalue weighted by Crippen LogP contribution is 2.35. The monoisotopic (exact) mass is 519 g/mol. The Hall–Kier alpha value is -3.53. The Morgan fingerprint density at radius 3 is 2.33 bits per heavy atom. The molecule has 36 heavy (non-hydrogen) atoms. The third-order valence-electron chi connectivity index (χ3n) is 6.01. The van der Waals surface area contributed by atoms with Crippen molar-refractivity contribution in [1.82, 2.24) is 4.90 Å². The summed E-state index contributed by atoms with van der Waals surface area (Å²) in [5.74, 6) is -0.260. The summed E-state index contributed by atoms with van der Waals surface area (Å²) in [5, 5.41) is 0. The highest BCUT2D eigenvalue weighted by Gasteiger charge is 2.39. The molecule has 1 aliphatic heterocycles. The van der Waals surface area contributed by atoms with Crippen molar-refractivity contribution in [2.24, 2.45) is 0 Å². The number of para-hydroxylation sites is 1. The number of methoxy groups -OCH3 is 1. The first kappa shape index (κ1) is 25.6. The van der Waals surface area contributed by atoms with Gasteiger partial charge in [-0.05, 0) is 53.9 Å². The molecule has 6 nitrogen and oxygen atoms in total. The van der Waals surface area contributed by atoms with Crippen molar-refractivity contribution in [3.05, 3.63) is 77.4 Å². The van der Waals surface area contributed by atoms with E-state index in [-0.39, 0.29) is 29.3 Å². The molecule has 0 N–H and O–H groups in total. The molecule has 3 aromatic rings. The number of carbonyl (C=O) groups excluding carboxylic acids is 1. The van der Waals surface area contributed by atoms with Gasteiger partial charge in [-0.2, -0.15) is 13.2 Å². The zero-order chi connectivity index (χ0) is 26.3. The fourth-order valence-electron chi connectivity index (χ4n) is 4.03. The lowest BCUT2D eigenvalue weighted by Crippen LogP contribution is -2.32. The molecule has 0 spiro atoms. The van der Waals surface area contributed by atoms with Gasteiger partial charge in [-0.1, -0.05) is 30.3 Å². The van der Waals surface area contributed by atoms with Gasteiger partial charge in [0.2, 0.25) is 0 Å². The molecule has 10 heteroatoms. The van der Waals surface area contributed by atoms with Crippen LogP contribution in [0.5, 0.6) is 11.5 Å². The van der Waals surface area contributed by atoms with Gasteiger partial charge in [0, 0.05) is 24.9 Å². The summed E-state index contributed by atoms with van der Waals surface area (Å²) in [7, 11) is -2.13. The number of ether oxygens (including phenoxy) is 2. The van der Waals surface area contributed by atoms with Crippen molar-refractivity contribution in [1.29, 1.82) is 0 Å². The Balaban J connectivity index is 1.66. The molecular weight excluding hydrogens is 495 g/mol. The Morgan fingerprint density at radius 2 is 1.67 bits per heavy atom. The highest BCUT2D eigenvalue weighted by molar-refractivity contribution is 7.90. The number of hydrogen-bond acceptors (Lipinski definition) is 5. The number of amides is 1. The number of nitrogens with zero attached hydrogens (tertiary/aromatic N) is 1. The summed E-state index contributed by atoms with van der Waals surface area (Å²) in [4.78, 5) is 14.7. The van der Waals surface area contributed by atoms with E-state index in [1.807, 2.05) is 42.5 Å². The number of alkyl halides is 3. The molecule has 1 aliphatic rings. The fraction of sp³-hybridized carbons (Fsp3) is 0.269. The summed E-state index contributed by atoms with van der Waals surface area (Å²) in [6.45, 7) is 1.25. The van der Waals surface area contributed by atoms with Gasteiger partial charge in [0.15, 0.2) is 15.9 Å². The van der Waals surface area contributed by atoms with Gasteiger partial charge < -0.3 is 14.4 Å². The second-order valence-corrected chi connectivity index (χ2v) is 10.6. The molecule has 1 amide bonds. The standard InChI is InChI=1S/C26H24F3NO5S/c1-16(26(27,28)29)35-24-11-10-20(36(3,32)33)13-22(24)25(31)30-14-18-9-8-17(12-19(18)15-30)21-6-4-5-7-23(21)34-2/h4-13,16H,14-15H2,1-3H3/t16-/m0/s1. The average Bonchev–Trinajstić information content (AvgIpc) is 3.26. The van der Waals surface area contributed by atoms with E-state index in [2.05, 4.69) is 0 Å². The maximum absolute atomic E-state index is 13.5. The minimum absolute atomic E-state index is 0.187. The summed E-state index contributed by atoms with van der Waals surface area (Å²) < 4.78 is 74.0. The molecule has 0 saturated heterocycles. The molecule has 4 rings (SSSR count). The van der Waals surface area contributed by atoms with Crippen LogP contribution in [0.3, 0.4) is 0 Å². The van der Waals surface area contributed by atoms with Crippen molar-refractivity contribution in [2.75, 3.05) is 13.4 Å². The average molecular weight is 520 g/mol. The van der Waals surface area contributed by atoms with Crippen molar-refractivity contribution in [3.63, 3.8) is 0 Å². The Kier molecular flexibility index (Phi) is 6.74. The minimum Gasteiger partial charge on any atom is -0.496 e. The van der Waals surface area contributed by atoms with E-state index in [1.165, 1.54) is 4.90 Å². The first-order valence-corrected chi connectivity index (χ1v) is 12.9. The number of hydrogen-bond donors (Lipinski definition) is 0. The lowest BCUT2D eigenvalue weighted by atomic mass is 10.00. The molecule has 190 valence electrons. The number of benzene rings is 3. The van der Waals surface area contributed by atoms with Crippen molar-refractivity contribution >= 4 is 15.7 Å². The van der Waals surface area contributed by atoms with Crippen LogP contribution in [-0.4, -0.2) is 44.9 Å². The summed E-state index contributed by atoms with van der Waals surface area (Å²) in [6, 6.07) is 16.5. The van der Waals surface area contributed by atoms with Crippen LogP contribution in [0.1, 0.15) is 28.4 Å². The normalized spacial score (nSPS) is 14.3. The SMILES string of the molecule is COc1ccccc1-c1ccc2c(c1)CN(C(=O)c1cc(S(C)(=O)=O)ccc1O[C@@H](C)C(F)(F)F)C2. The number of sulfone groups is 1. The van der Waals surface area contributed by atoms with E-state index >= 15 is 0 Å². The predicted molar refractivity (Wildman–Crippen MR) is 128 cm³/mol. The van der Waals surface area contributed by atoms with Crippen molar-refractivity contribution < 1.29 is 35.9 Å². The summed E-state index contributed by atoms with van der Waals surface area (Å²) in [6.07, 6.45) is -5.89. The molecular formula is C26H24F3NO5S. The van der Waals surface area contributed by atoms with Gasteiger partial charge >= 0.3 is 6.18 Å². The van der Waals surface area contributed by atoms with Crippen LogP contribution in [0.2, 0.25) is 0 Å². The van der Waals surface area contributed by atoms with Crippen LogP contribution in [-0.2, 0) is 22.9 Å². The Labute approximate surface area is 207 Å². The van der Waals surface area contributed by atoms with Crippen LogP contribution in [0.15, 0.2) is 65.6 Å². The predicted octanol–water partition coefficient (Wildman–Crippen LogP) is 5.25. The third-order valence-corrected chi connectivity index (χ3v) is 7.12. The van der Waals surface area contributed by atoms with Crippen LogP contribution in [0, 0.1) is 0 Å². The van der Waals surface area contributed by atoms with Gasteiger partial charge in [0.25, 0.3) is 5.91 Å². The van der Waals surface area contributed by atoms with Gasteiger partial charge in [-0.25, -0.2) is 8.42 Å². The smallest absolute Gasteiger partial charge is 0.425 e. The van der Waals surface area contributed by atoms with E-state index in [0.29, 0.717) is 5.75 Å². The Bertz CT molecular complexity index is 1420. The molecule has 1 atom stereocenters. The van der Waals surface area contributed by atoms with E-state index in [9.17, 15) is 26.4 Å². The third kappa shape index (κ3) is 5.18. The molecule has 0 aromatic heterocycles. The maximum atomic E-state index is 13.5. The largest absolute Gasteiger partial charge is 0.496 e. The van der Waals surface area contributed by atoms with Crippen LogP contribution < -0.4 is 9.47 Å². The first-order chi connectivity index (χ1) is 16.9. The number of rotatable bonds is 6. The minimum atomic E-state index is -4.66. The van der Waals surface area contributed by atoms with Crippen LogP contribution >= 0.6 is 0 Å². The van der Waals surface area contributed by atoms with Crippen LogP contribution in [0.25, 0.3) is 11.1 Å². The van der Waals surface area contributed by atoms with Crippen molar-refractivity contribution in [3.8, 4) is 22.6 Å². The topological polar surface area (TPSA) is 72.9 Å². The fourth-order valence-corrected chi connectivity index (χ4v) is 4.67. The van der Waals surface area contributed by atoms with Gasteiger partial charge in [-0.3, -0.25) is 4.79 Å². The number of carbonyl (C=O) groups is 1. The molecule has 0 bridgehead atoms. The lowest BCUT2D eigenvalue weighted by molar-refractivity contribution is -0.189. The molecule has 0 saturated carbocycles. The number of halogens is 3. The van der Waals surface area contributed by atoms with E-state index in [1.54, 1.807) is 7.11 Å². The second kappa shape index (κ2) is 9.50. The highest BCUT2D eigenvalue weighted by atomic mass is 32.2. The van der Waals surface area contributed by atoms with Gasteiger partial charge in [0.1, 0.15) is 11.5 Å². The molecule has 0 aliphatic carbocycles. The quantitative estimate of drug-likeness (QED) is 0.445. The zero-order valence-corrected chi connectivity index (χ0v) is 20.6.